The van der Waals surface area contributed by atoms with Crippen molar-refractivity contribution in [2.75, 3.05) is 6.61 Å². The molecule has 1 atom stereocenters. The van der Waals surface area contributed by atoms with Crippen molar-refractivity contribution < 1.29 is 14.6 Å². The van der Waals surface area contributed by atoms with E-state index in [-0.39, 0.29) is 12.5 Å². The predicted molar refractivity (Wildman–Crippen MR) is 42.6 cm³/mol. The highest BCUT2D eigenvalue weighted by Gasteiger charge is 2.11. The number of hydrogen-bond acceptors (Lipinski definition) is 2. The average molecular weight is 160 g/mol. The highest BCUT2D eigenvalue weighted by atomic mass is 16.5. The van der Waals surface area contributed by atoms with Crippen molar-refractivity contribution in [3.05, 3.63) is 0 Å². The SMILES string of the molecule is CCCC(CC(=O)O)OCC. The van der Waals surface area contributed by atoms with Crippen LogP contribution in [0.1, 0.15) is 33.1 Å². The number of carboxylic acid groups (broad SMARTS) is 1. The summed E-state index contributed by atoms with van der Waals surface area (Å²) in [6.45, 7) is 4.50. The molecule has 0 aromatic heterocycles. The Morgan fingerprint density at radius 3 is 2.55 bits per heavy atom. The van der Waals surface area contributed by atoms with Gasteiger partial charge in [0.1, 0.15) is 0 Å². The van der Waals surface area contributed by atoms with Crippen molar-refractivity contribution in [2.45, 2.75) is 39.2 Å². The molecule has 0 amide bonds. The Kier molecular flexibility index (Phi) is 5.84. The first-order chi connectivity index (χ1) is 5.20. The minimum Gasteiger partial charge on any atom is -0.481 e. The maximum atomic E-state index is 10.3. The molecule has 0 aromatic carbocycles. The third kappa shape index (κ3) is 5.85. The lowest BCUT2D eigenvalue weighted by molar-refractivity contribution is -0.140. The molecule has 66 valence electrons. The quantitative estimate of drug-likeness (QED) is 0.642. The van der Waals surface area contributed by atoms with Gasteiger partial charge in [-0.3, -0.25) is 4.79 Å². The van der Waals surface area contributed by atoms with Crippen molar-refractivity contribution in [3.8, 4) is 0 Å². The fraction of sp³-hybridized carbons (Fsp3) is 0.875. The smallest absolute Gasteiger partial charge is 0.305 e. The highest BCUT2D eigenvalue weighted by Crippen LogP contribution is 2.06. The Balaban J connectivity index is 3.59. The number of rotatable bonds is 6. The monoisotopic (exact) mass is 160 g/mol. The lowest BCUT2D eigenvalue weighted by atomic mass is 10.1. The van der Waals surface area contributed by atoms with E-state index in [0.29, 0.717) is 6.61 Å². The van der Waals surface area contributed by atoms with Crippen LogP contribution in [0.3, 0.4) is 0 Å². The summed E-state index contributed by atoms with van der Waals surface area (Å²) in [6, 6.07) is 0. The average Bonchev–Trinajstić information content (AvgIpc) is 1.87. The second-order valence-electron chi connectivity index (χ2n) is 2.46. The van der Waals surface area contributed by atoms with E-state index in [1.165, 1.54) is 0 Å². The van der Waals surface area contributed by atoms with E-state index in [1.54, 1.807) is 0 Å². The van der Waals surface area contributed by atoms with Gasteiger partial charge in [-0.2, -0.15) is 0 Å². The molecule has 3 heteroatoms. The zero-order chi connectivity index (χ0) is 8.69. The van der Waals surface area contributed by atoms with Crippen LogP contribution in [0.4, 0.5) is 0 Å². The van der Waals surface area contributed by atoms with E-state index in [4.69, 9.17) is 9.84 Å². The molecule has 0 aliphatic carbocycles. The van der Waals surface area contributed by atoms with Crippen LogP contribution in [-0.4, -0.2) is 23.8 Å². The van der Waals surface area contributed by atoms with Crippen LogP contribution < -0.4 is 0 Å². The largest absolute Gasteiger partial charge is 0.481 e. The summed E-state index contributed by atoms with van der Waals surface area (Å²) in [6.07, 6.45) is 1.84. The number of hydrogen-bond donors (Lipinski definition) is 1. The number of carboxylic acids is 1. The minimum absolute atomic E-state index is 0.0949. The Morgan fingerprint density at radius 1 is 1.55 bits per heavy atom. The number of aliphatic carboxylic acids is 1. The first-order valence-electron chi connectivity index (χ1n) is 4.04. The van der Waals surface area contributed by atoms with E-state index in [0.717, 1.165) is 12.8 Å². The predicted octanol–water partition coefficient (Wildman–Crippen LogP) is 1.67. The molecule has 0 aromatic rings. The summed E-state index contributed by atoms with van der Waals surface area (Å²) in [7, 11) is 0. The molecule has 1 unspecified atom stereocenters. The second kappa shape index (κ2) is 6.16. The molecule has 0 saturated heterocycles. The van der Waals surface area contributed by atoms with Gasteiger partial charge in [0.15, 0.2) is 0 Å². The normalized spacial score (nSPS) is 12.9. The molecule has 3 nitrogen and oxygen atoms in total. The van der Waals surface area contributed by atoms with Crippen molar-refractivity contribution in [1.82, 2.24) is 0 Å². The molecular weight excluding hydrogens is 144 g/mol. The van der Waals surface area contributed by atoms with Crippen LogP contribution in [0.2, 0.25) is 0 Å². The standard InChI is InChI=1S/C8H16O3/c1-3-5-7(11-4-2)6-8(9)10/h7H,3-6H2,1-2H3,(H,9,10). The summed E-state index contributed by atoms with van der Waals surface area (Å²) in [5.41, 5.74) is 0. The fourth-order valence-electron chi connectivity index (χ4n) is 0.997. The molecule has 11 heavy (non-hydrogen) atoms. The van der Waals surface area contributed by atoms with Crippen LogP contribution in [-0.2, 0) is 9.53 Å². The fourth-order valence-corrected chi connectivity index (χ4v) is 0.997. The zero-order valence-corrected chi connectivity index (χ0v) is 7.17. The second-order valence-corrected chi connectivity index (χ2v) is 2.46. The summed E-state index contributed by atoms with van der Waals surface area (Å²) in [5.74, 6) is -0.781. The first kappa shape index (κ1) is 10.4. The van der Waals surface area contributed by atoms with Gasteiger partial charge in [0.25, 0.3) is 0 Å². The zero-order valence-electron chi connectivity index (χ0n) is 7.17. The Morgan fingerprint density at radius 2 is 2.18 bits per heavy atom. The van der Waals surface area contributed by atoms with Crippen molar-refractivity contribution in [3.63, 3.8) is 0 Å². The maximum Gasteiger partial charge on any atom is 0.305 e. The molecule has 0 rings (SSSR count). The van der Waals surface area contributed by atoms with Gasteiger partial charge >= 0.3 is 5.97 Å². The van der Waals surface area contributed by atoms with Crippen LogP contribution >= 0.6 is 0 Å². The van der Waals surface area contributed by atoms with Gasteiger partial charge in [-0.15, -0.1) is 0 Å². The van der Waals surface area contributed by atoms with E-state index in [9.17, 15) is 4.79 Å². The molecule has 0 saturated carbocycles. The molecule has 0 bridgehead atoms. The van der Waals surface area contributed by atoms with Crippen LogP contribution in [0.5, 0.6) is 0 Å². The van der Waals surface area contributed by atoms with Gasteiger partial charge in [0, 0.05) is 6.61 Å². The van der Waals surface area contributed by atoms with Crippen LogP contribution in [0.15, 0.2) is 0 Å². The molecule has 0 radical (unpaired) electrons. The van der Waals surface area contributed by atoms with Gasteiger partial charge in [0.2, 0.25) is 0 Å². The van der Waals surface area contributed by atoms with Gasteiger partial charge in [-0.05, 0) is 13.3 Å². The van der Waals surface area contributed by atoms with Crippen LogP contribution in [0, 0.1) is 0 Å². The highest BCUT2D eigenvalue weighted by molar-refractivity contribution is 5.67. The molecule has 0 aliphatic heterocycles. The van der Waals surface area contributed by atoms with E-state index in [2.05, 4.69) is 0 Å². The topological polar surface area (TPSA) is 46.5 Å². The number of ether oxygens (including phenoxy) is 1. The van der Waals surface area contributed by atoms with E-state index in [1.807, 2.05) is 13.8 Å². The molecule has 0 heterocycles. The summed E-state index contributed by atoms with van der Waals surface area (Å²) in [5, 5.41) is 8.46. The molecule has 1 N–H and O–H groups in total. The lowest BCUT2D eigenvalue weighted by Gasteiger charge is -2.12. The molecule has 0 aliphatic rings. The van der Waals surface area contributed by atoms with Crippen LogP contribution in [0.25, 0.3) is 0 Å². The number of carbonyl (C=O) groups is 1. The van der Waals surface area contributed by atoms with Crippen molar-refractivity contribution >= 4 is 5.97 Å². The molecular formula is C8H16O3. The Hall–Kier alpha value is -0.570. The molecule has 0 fully saturated rings. The van der Waals surface area contributed by atoms with E-state index < -0.39 is 5.97 Å². The summed E-state index contributed by atoms with van der Waals surface area (Å²) < 4.78 is 5.21. The van der Waals surface area contributed by atoms with Gasteiger partial charge in [-0.25, -0.2) is 0 Å². The van der Waals surface area contributed by atoms with Crippen molar-refractivity contribution in [2.24, 2.45) is 0 Å². The van der Waals surface area contributed by atoms with Gasteiger partial charge in [-0.1, -0.05) is 13.3 Å². The third-order valence-electron chi connectivity index (χ3n) is 1.42. The summed E-state index contributed by atoms with van der Waals surface area (Å²) >= 11 is 0. The maximum absolute atomic E-state index is 10.3. The molecule has 0 spiro atoms. The Labute approximate surface area is 67.4 Å². The minimum atomic E-state index is -0.781. The van der Waals surface area contributed by atoms with Gasteiger partial charge < -0.3 is 9.84 Å². The first-order valence-corrected chi connectivity index (χ1v) is 4.04. The van der Waals surface area contributed by atoms with E-state index >= 15 is 0 Å². The lowest BCUT2D eigenvalue weighted by Crippen LogP contribution is -2.17. The Bertz CT molecular complexity index is 106. The van der Waals surface area contributed by atoms with Gasteiger partial charge in [0.05, 0.1) is 12.5 Å². The third-order valence-corrected chi connectivity index (χ3v) is 1.42. The summed E-state index contributed by atoms with van der Waals surface area (Å²) in [4.78, 5) is 10.3. The van der Waals surface area contributed by atoms with Crippen molar-refractivity contribution in [1.29, 1.82) is 0 Å².